The number of primary amides is 1. The lowest BCUT2D eigenvalue weighted by Crippen LogP contribution is -2.32. The molecule has 0 atom stereocenters. The van der Waals surface area contributed by atoms with Crippen molar-refractivity contribution in [3.05, 3.63) is 28.8 Å². The van der Waals surface area contributed by atoms with E-state index in [1.807, 2.05) is 13.0 Å². The maximum Gasteiger partial charge on any atom is 0.251 e. The number of nitrogens with two attached hydrogens (primary N) is 1. The minimum atomic E-state index is -0.313. The summed E-state index contributed by atoms with van der Waals surface area (Å²) in [4.78, 5) is 13.9. The molecule has 2 N–H and O–H groups in total. The molecular weight excluding hydrogens is 212 g/mol. The summed E-state index contributed by atoms with van der Waals surface area (Å²) in [6.07, 6.45) is 3.68. The number of aryl methyl sites for hydroxylation is 2. The van der Waals surface area contributed by atoms with Gasteiger partial charge in [0.15, 0.2) is 0 Å². The van der Waals surface area contributed by atoms with E-state index in [1.54, 1.807) is 0 Å². The Hall–Kier alpha value is -1.51. The standard InChI is InChI=1S/C14H20N2O/c1-10-6-7-11(2)13(12(10)14(15)17)16-8-4-3-5-9-16/h6-7H,3-5,8-9H2,1-2H3,(H2,15,17). The molecule has 1 aromatic carbocycles. The summed E-state index contributed by atoms with van der Waals surface area (Å²) in [6, 6.07) is 4.05. The third kappa shape index (κ3) is 2.28. The van der Waals surface area contributed by atoms with Crippen molar-refractivity contribution in [3.63, 3.8) is 0 Å². The van der Waals surface area contributed by atoms with Crippen LogP contribution in [0.15, 0.2) is 12.1 Å². The summed E-state index contributed by atoms with van der Waals surface area (Å²) < 4.78 is 0. The number of anilines is 1. The molecule has 1 aliphatic rings. The van der Waals surface area contributed by atoms with Crippen LogP contribution >= 0.6 is 0 Å². The van der Waals surface area contributed by atoms with Crippen LogP contribution in [0.5, 0.6) is 0 Å². The van der Waals surface area contributed by atoms with Gasteiger partial charge in [-0.25, -0.2) is 0 Å². The van der Waals surface area contributed by atoms with Crippen molar-refractivity contribution in [2.24, 2.45) is 5.73 Å². The van der Waals surface area contributed by atoms with Crippen LogP contribution in [0.2, 0.25) is 0 Å². The van der Waals surface area contributed by atoms with Gasteiger partial charge in [-0.1, -0.05) is 12.1 Å². The van der Waals surface area contributed by atoms with Crippen LogP contribution < -0.4 is 10.6 Å². The second-order valence-corrected chi connectivity index (χ2v) is 4.83. The van der Waals surface area contributed by atoms with Crippen LogP contribution in [0.4, 0.5) is 5.69 Å². The number of hydrogen-bond donors (Lipinski definition) is 1. The van der Waals surface area contributed by atoms with E-state index in [1.165, 1.54) is 19.3 Å². The second-order valence-electron chi connectivity index (χ2n) is 4.83. The van der Waals surface area contributed by atoms with Crippen molar-refractivity contribution in [2.75, 3.05) is 18.0 Å². The predicted octanol–water partition coefficient (Wildman–Crippen LogP) is 2.39. The minimum absolute atomic E-state index is 0.313. The Balaban J connectivity index is 2.49. The van der Waals surface area contributed by atoms with Crippen molar-refractivity contribution in [2.45, 2.75) is 33.1 Å². The second kappa shape index (κ2) is 4.78. The van der Waals surface area contributed by atoms with E-state index in [4.69, 9.17) is 5.73 Å². The maximum absolute atomic E-state index is 11.6. The van der Waals surface area contributed by atoms with Crippen LogP contribution in [0.25, 0.3) is 0 Å². The summed E-state index contributed by atoms with van der Waals surface area (Å²) in [5.74, 6) is -0.313. The van der Waals surface area contributed by atoms with Crippen LogP contribution in [0.3, 0.4) is 0 Å². The van der Waals surface area contributed by atoms with E-state index in [2.05, 4.69) is 17.9 Å². The van der Waals surface area contributed by atoms with Crippen molar-refractivity contribution < 1.29 is 4.79 Å². The first-order valence-corrected chi connectivity index (χ1v) is 6.26. The van der Waals surface area contributed by atoms with Gasteiger partial charge >= 0.3 is 0 Å². The van der Waals surface area contributed by atoms with E-state index in [0.717, 1.165) is 29.9 Å². The van der Waals surface area contributed by atoms with Crippen LogP contribution in [-0.4, -0.2) is 19.0 Å². The summed E-state index contributed by atoms with van der Waals surface area (Å²) in [5, 5.41) is 0. The van der Waals surface area contributed by atoms with Gasteiger partial charge in [-0.2, -0.15) is 0 Å². The topological polar surface area (TPSA) is 46.3 Å². The van der Waals surface area contributed by atoms with Gasteiger partial charge < -0.3 is 10.6 Å². The molecule has 1 saturated heterocycles. The number of nitrogens with zero attached hydrogens (tertiary/aromatic N) is 1. The first-order chi connectivity index (χ1) is 8.11. The van der Waals surface area contributed by atoms with E-state index in [0.29, 0.717) is 5.56 Å². The van der Waals surface area contributed by atoms with Crippen LogP contribution in [0.1, 0.15) is 40.7 Å². The van der Waals surface area contributed by atoms with Gasteiger partial charge in [0, 0.05) is 13.1 Å². The van der Waals surface area contributed by atoms with Gasteiger partial charge in [-0.15, -0.1) is 0 Å². The van der Waals surface area contributed by atoms with Crippen molar-refractivity contribution in [3.8, 4) is 0 Å². The third-order valence-corrected chi connectivity index (χ3v) is 3.51. The first kappa shape index (κ1) is 12.0. The Bertz CT molecular complexity index is 434. The van der Waals surface area contributed by atoms with Crippen LogP contribution in [-0.2, 0) is 0 Å². The Morgan fingerprint density at radius 3 is 2.29 bits per heavy atom. The highest BCUT2D eigenvalue weighted by atomic mass is 16.1. The number of carbonyl (C=O) groups excluding carboxylic acids is 1. The molecule has 1 fully saturated rings. The molecule has 2 rings (SSSR count). The fraction of sp³-hybridized carbons (Fsp3) is 0.500. The number of hydrogen-bond acceptors (Lipinski definition) is 2. The fourth-order valence-corrected chi connectivity index (χ4v) is 2.63. The minimum Gasteiger partial charge on any atom is -0.371 e. The normalized spacial score (nSPS) is 16.0. The largest absolute Gasteiger partial charge is 0.371 e. The van der Waals surface area contributed by atoms with E-state index in [-0.39, 0.29) is 5.91 Å². The number of benzene rings is 1. The number of rotatable bonds is 2. The molecule has 0 aliphatic carbocycles. The lowest BCUT2D eigenvalue weighted by atomic mass is 9.99. The molecule has 1 heterocycles. The monoisotopic (exact) mass is 232 g/mol. The lowest BCUT2D eigenvalue weighted by Gasteiger charge is -2.32. The maximum atomic E-state index is 11.6. The van der Waals surface area contributed by atoms with Gasteiger partial charge in [-0.05, 0) is 44.2 Å². The molecule has 3 nitrogen and oxygen atoms in total. The summed E-state index contributed by atoms with van der Waals surface area (Å²) in [6.45, 7) is 6.07. The molecule has 17 heavy (non-hydrogen) atoms. The zero-order valence-electron chi connectivity index (χ0n) is 10.6. The Labute approximate surface area is 103 Å². The highest BCUT2D eigenvalue weighted by molar-refractivity contribution is 6.01. The number of carbonyl (C=O) groups is 1. The van der Waals surface area contributed by atoms with Gasteiger partial charge in [0.2, 0.25) is 0 Å². The van der Waals surface area contributed by atoms with E-state index >= 15 is 0 Å². The molecule has 0 spiro atoms. The molecule has 0 saturated carbocycles. The number of amides is 1. The van der Waals surface area contributed by atoms with Gasteiger partial charge in [0.1, 0.15) is 0 Å². The van der Waals surface area contributed by atoms with E-state index in [9.17, 15) is 4.79 Å². The van der Waals surface area contributed by atoms with Gasteiger partial charge in [0.25, 0.3) is 5.91 Å². The molecule has 0 radical (unpaired) electrons. The molecule has 92 valence electrons. The Morgan fingerprint density at radius 2 is 1.71 bits per heavy atom. The molecule has 0 aromatic heterocycles. The molecular formula is C14H20N2O. The highest BCUT2D eigenvalue weighted by Crippen LogP contribution is 2.30. The van der Waals surface area contributed by atoms with Crippen molar-refractivity contribution in [1.29, 1.82) is 0 Å². The summed E-state index contributed by atoms with van der Waals surface area (Å²) in [5.41, 5.74) is 9.40. The first-order valence-electron chi connectivity index (χ1n) is 6.26. The molecule has 0 bridgehead atoms. The zero-order chi connectivity index (χ0) is 12.4. The number of piperidine rings is 1. The molecule has 1 aliphatic heterocycles. The van der Waals surface area contributed by atoms with Gasteiger partial charge in [-0.3, -0.25) is 4.79 Å². The molecule has 3 heteroatoms. The third-order valence-electron chi connectivity index (χ3n) is 3.51. The highest BCUT2D eigenvalue weighted by Gasteiger charge is 2.20. The van der Waals surface area contributed by atoms with Crippen molar-refractivity contribution >= 4 is 11.6 Å². The van der Waals surface area contributed by atoms with Crippen molar-refractivity contribution in [1.82, 2.24) is 0 Å². The lowest BCUT2D eigenvalue weighted by molar-refractivity contribution is 0.1000. The SMILES string of the molecule is Cc1ccc(C)c(N2CCCCC2)c1C(N)=O. The average Bonchev–Trinajstić information content (AvgIpc) is 2.32. The predicted molar refractivity (Wildman–Crippen MR) is 70.5 cm³/mol. The average molecular weight is 232 g/mol. The Kier molecular flexibility index (Phi) is 3.36. The van der Waals surface area contributed by atoms with Gasteiger partial charge in [0.05, 0.1) is 11.3 Å². The summed E-state index contributed by atoms with van der Waals surface area (Å²) in [7, 11) is 0. The smallest absolute Gasteiger partial charge is 0.251 e. The molecule has 1 amide bonds. The van der Waals surface area contributed by atoms with E-state index < -0.39 is 0 Å². The molecule has 0 unspecified atom stereocenters. The summed E-state index contributed by atoms with van der Waals surface area (Å²) >= 11 is 0. The zero-order valence-corrected chi connectivity index (χ0v) is 10.6. The fourth-order valence-electron chi connectivity index (χ4n) is 2.63. The molecule has 1 aromatic rings. The van der Waals surface area contributed by atoms with Crippen LogP contribution in [0, 0.1) is 13.8 Å². The quantitative estimate of drug-likeness (QED) is 0.851. The Morgan fingerprint density at radius 1 is 1.12 bits per heavy atom.